The summed E-state index contributed by atoms with van der Waals surface area (Å²) in [4.78, 5) is 12.0. The van der Waals surface area contributed by atoms with Gasteiger partial charge in [0.2, 0.25) is 0 Å². The predicted molar refractivity (Wildman–Crippen MR) is 229 cm³/mol. The molecule has 0 bridgehead atoms. The Morgan fingerprint density at radius 2 is 0.800 bits per heavy atom. The lowest BCUT2D eigenvalue weighted by Gasteiger charge is -2.13. The highest BCUT2D eigenvalue weighted by Gasteiger charge is 2.19. The topological polar surface area (TPSA) is 53.0 Å². The summed E-state index contributed by atoms with van der Waals surface area (Å²) in [6, 6.07) is 58.9. The van der Waals surface area contributed by atoms with Gasteiger partial charge in [0.1, 0.15) is 15.7 Å². The molecule has 4 radical (unpaired) electrons. The van der Waals surface area contributed by atoms with Gasteiger partial charge in [-0.05, 0) is 113 Å². The zero-order chi connectivity index (χ0) is 37.2. The van der Waals surface area contributed by atoms with E-state index >= 15 is 0 Å². The second-order valence-corrected chi connectivity index (χ2v) is 13.9. The van der Waals surface area contributed by atoms with Crippen molar-refractivity contribution in [3.05, 3.63) is 186 Å². The fraction of sp³-hybridized carbons (Fsp3) is 0. The van der Waals surface area contributed by atoms with Crippen LogP contribution in [0.3, 0.4) is 0 Å². The van der Waals surface area contributed by atoms with Crippen molar-refractivity contribution >= 4 is 75.9 Å². The van der Waals surface area contributed by atoms with E-state index in [9.17, 15) is 10.1 Å². The molecule has 0 aliphatic heterocycles. The number of para-hydroxylation sites is 3. The average molecular weight is 701 g/mol. The Hall–Kier alpha value is -7.11. The van der Waals surface area contributed by atoms with Crippen molar-refractivity contribution < 1.29 is 4.92 Å². The maximum absolute atomic E-state index is 12.3. The Balaban J connectivity index is 1.22. The maximum Gasteiger partial charge on any atom is 0.277 e. The quantitative estimate of drug-likeness (QED) is 0.0985. The minimum Gasteiger partial charge on any atom is -0.309 e. The molecule has 55 heavy (non-hydrogen) atoms. The number of rotatable bonds is 6. The van der Waals surface area contributed by atoms with Gasteiger partial charge in [-0.1, -0.05) is 95.9 Å². The zero-order valence-corrected chi connectivity index (χ0v) is 29.6. The molecule has 0 unspecified atom stereocenters. The van der Waals surface area contributed by atoms with Crippen LogP contribution in [0.4, 0.5) is 5.69 Å². The van der Waals surface area contributed by atoms with Gasteiger partial charge in [-0.3, -0.25) is 10.1 Å². The summed E-state index contributed by atoms with van der Waals surface area (Å²) < 4.78 is 4.52. The Bertz CT molecular complexity index is 2970. The van der Waals surface area contributed by atoms with Crippen LogP contribution in [-0.4, -0.2) is 29.8 Å². The van der Waals surface area contributed by atoms with Crippen molar-refractivity contribution in [3.63, 3.8) is 0 Å². The average Bonchev–Trinajstić information content (AvgIpc) is 3.72. The highest BCUT2D eigenvalue weighted by molar-refractivity contribution is 6.34. The second kappa shape index (κ2) is 12.8. The highest BCUT2D eigenvalue weighted by Crippen LogP contribution is 2.41. The molecule has 0 saturated carbocycles. The summed E-state index contributed by atoms with van der Waals surface area (Å²) in [5, 5.41) is 16.6. The van der Waals surface area contributed by atoms with Gasteiger partial charge in [0, 0.05) is 39.0 Å². The second-order valence-electron chi connectivity index (χ2n) is 13.9. The zero-order valence-electron chi connectivity index (χ0n) is 29.6. The van der Waals surface area contributed by atoms with Crippen LogP contribution in [0.2, 0.25) is 0 Å². The van der Waals surface area contributed by atoms with E-state index < -0.39 is 0 Å². The molecule has 10 aromatic rings. The van der Waals surface area contributed by atoms with E-state index in [1.54, 1.807) is 12.1 Å². The number of nitrogens with zero attached hydrogens (tertiary/aromatic N) is 3. The van der Waals surface area contributed by atoms with Gasteiger partial charge in [-0.15, -0.1) is 0 Å². The Morgan fingerprint density at radius 1 is 0.400 bits per heavy atom. The summed E-state index contributed by atoms with van der Waals surface area (Å²) >= 11 is 0. The minimum atomic E-state index is -0.314. The largest absolute Gasteiger partial charge is 0.309 e. The van der Waals surface area contributed by atoms with Crippen LogP contribution in [-0.2, 0) is 0 Å². The molecule has 0 atom stereocenters. The predicted octanol–water partition coefficient (Wildman–Crippen LogP) is 10.4. The minimum absolute atomic E-state index is 0.0549. The first-order valence-corrected chi connectivity index (χ1v) is 18.1. The van der Waals surface area contributed by atoms with Gasteiger partial charge < -0.3 is 9.13 Å². The van der Waals surface area contributed by atoms with Crippen LogP contribution < -0.4 is 10.9 Å². The molecule has 5 nitrogen and oxygen atoms in total. The van der Waals surface area contributed by atoms with Crippen LogP contribution in [0.15, 0.2) is 176 Å². The van der Waals surface area contributed by atoms with Crippen LogP contribution in [0, 0.1) is 10.1 Å². The first-order valence-electron chi connectivity index (χ1n) is 18.1. The number of hydrogen-bond donors (Lipinski definition) is 0. The molecule has 0 aliphatic rings. The third-order valence-electron chi connectivity index (χ3n) is 10.6. The monoisotopic (exact) mass is 701 g/mol. The van der Waals surface area contributed by atoms with Gasteiger partial charge in [0.05, 0.1) is 32.6 Å². The standard InChI is InChI=1S/C48H29B2N3O2/c49-35-17-21-46-42(28-35)40-26-30(15-19-44(40)51(46)37-9-3-1-4-10-37)32-23-33(25-34(24-32)39-13-7-8-14-48(39)53(54)55)31-16-20-45-41(27-31)43-29-36(50)18-22-47(43)52(45)38-11-5-2-6-12-38/h1-29H. The van der Waals surface area contributed by atoms with E-state index in [0.717, 1.165) is 82.8 Å². The molecule has 0 saturated heterocycles. The molecule has 0 aliphatic carbocycles. The van der Waals surface area contributed by atoms with E-state index in [0.29, 0.717) is 16.5 Å². The van der Waals surface area contributed by atoms with Gasteiger partial charge in [0.15, 0.2) is 0 Å². The first kappa shape index (κ1) is 32.5. The van der Waals surface area contributed by atoms with Crippen LogP contribution in [0.1, 0.15) is 0 Å². The number of aromatic nitrogens is 2. The third-order valence-corrected chi connectivity index (χ3v) is 10.6. The van der Waals surface area contributed by atoms with E-state index in [4.69, 9.17) is 15.7 Å². The van der Waals surface area contributed by atoms with Crippen LogP contribution >= 0.6 is 0 Å². The summed E-state index contributed by atoms with van der Waals surface area (Å²) in [7, 11) is 12.7. The molecule has 0 amide bonds. The summed E-state index contributed by atoms with van der Waals surface area (Å²) in [5.74, 6) is 0. The molecule has 8 aromatic carbocycles. The summed E-state index contributed by atoms with van der Waals surface area (Å²) in [5.41, 5.74) is 13.0. The van der Waals surface area contributed by atoms with E-state index in [2.05, 4.69) is 100 Å². The molecule has 0 N–H and O–H groups in total. The van der Waals surface area contributed by atoms with Crippen molar-refractivity contribution in [2.45, 2.75) is 0 Å². The number of fused-ring (bicyclic) bond motifs is 6. The third kappa shape index (κ3) is 5.43. The number of benzene rings is 8. The lowest BCUT2D eigenvalue weighted by molar-refractivity contribution is -0.384. The fourth-order valence-electron chi connectivity index (χ4n) is 8.14. The van der Waals surface area contributed by atoms with Crippen molar-refractivity contribution in [2.24, 2.45) is 0 Å². The number of nitro groups is 1. The maximum atomic E-state index is 12.3. The van der Waals surface area contributed by atoms with Gasteiger partial charge in [-0.2, -0.15) is 0 Å². The van der Waals surface area contributed by atoms with E-state index in [1.807, 2.05) is 72.8 Å². The Morgan fingerprint density at radius 3 is 1.27 bits per heavy atom. The molecule has 0 fully saturated rings. The SMILES string of the molecule is [B]c1ccc2c(c1)c1cc(-c3cc(-c4ccc5c(c4)c4cc([B])ccc4n5-c4ccccc4)cc(-c4ccccc4[N+](=O)[O-])c3)ccc1n2-c1ccccc1. The van der Waals surface area contributed by atoms with Crippen molar-refractivity contribution in [2.75, 3.05) is 0 Å². The number of nitro benzene ring substituents is 1. The van der Waals surface area contributed by atoms with Crippen LogP contribution in [0.5, 0.6) is 0 Å². The van der Waals surface area contributed by atoms with E-state index in [-0.39, 0.29) is 10.6 Å². The van der Waals surface area contributed by atoms with Gasteiger partial charge in [-0.25, -0.2) is 0 Å². The molecule has 0 spiro atoms. The van der Waals surface area contributed by atoms with Crippen LogP contribution in [0.25, 0.3) is 88.4 Å². The first-order chi connectivity index (χ1) is 26.9. The molecule has 10 rings (SSSR count). The molecule has 254 valence electrons. The van der Waals surface area contributed by atoms with Crippen molar-refractivity contribution in [3.8, 4) is 44.8 Å². The van der Waals surface area contributed by atoms with Crippen molar-refractivity contribution in [1.82, 2.24) is 9.13 Å². The summed E-state index contributed by atoms with van der Waals surface area (Å²) in [6.07, 6.45) is 0. The molecular weight excluding hydrogens is 672 g/mol. The molecule has 2 aromatic heterocycles. The fourth-order valence-corrected chi connectivity index (χ4v) is 8.14. The van der Waals surface area contributed by atoms with Gasteiger partial charge >= 0.3 is 0 Å². The molecule has 7 heteroatoms. The number of hydrogen-bond acceptors (Lipinski definition) is 2. The Labute approximate surface area is 319 Å². The molecule has 2 heterocycles. The normalized spacial score (nSPS) is 11.6. The Kier molecular flexibility index (Phi) is 7.56. The summed E-state index contributed by atoms with van der Waals surface area (Å²) in [6.45, 7) is 0. The van der Waals surface area contributed by atoms with Gasteiger partial charge in [0.25, 0.3) is 5.69 Å². The lowest BCUT2D eigenvalue weighted by Crippen LogP contribution is -2.00. The lowest BCUT2D eigenvalue weighted by atomic mass is 9.91. The highest BCUT2D eigenvalue weighted by atomic mass is 16.6. The molecular formula is C48H29B2N3O2. The van der Waals surface area contributed by atoms with Crippen molar-refractivity contribution in [1.29, 1.82) is 0 Å². The van der Waals surface area contributed by atoms with E-state index in [1.165, 1.54) is 0 Å². The smallest absolute Gasteiger partial charge is 0.277 e.